The Labute approximate surface area is 133 Å². The van der Waals surface area contributed by atoms with E-state index < -0.39 is 0 Å². The lowest BCUT2D eigenvalue weighted by atomic mass is 10.3. The molecule has 0 bridgehead atoms. The van der Waals surface area contributed by atoms with Crippen molar-refractivity contribution < 1.29 is 9.59 Å². The van der Waals surface area contributed by atoms with Gasteiger partial charge in [0.25, 0.3) is 0 Å². The number of rotatable bonds is 3. The van der Waals surface area contributed by atoms with E-state index >= 15 is 0 Å². The first-order valence-electron chi connectivity index (χ1n) is 6.68. The molecule has 5 nitrogen and oxygen atoms in total. The molecule has 0 unspecified atom stereocenters. The predicted octanol–water partition coefficient (Wildman–Crippen LogP) is 1.70. The van der Waals surface area contributed by atoms with Gasteiger partial charge in [0.05, 0.1) is 10.8 Å². The summed E-state index contributed by atoms with van der Waals surface area (Å²) in [5.74, 6) is 0.463. The summed E-state index contributed by atoms with van der Waals surface area (Å²) >= 11 is 7.49. The summed E-state index contributed by atoms with van der Waals surface area (Å²) in [6.07, 6.45) is 0. The van der Waals surface area contributed by atoms with Gasteiger partial charge in [-0.25, -0.2) is 0 Å². The van der Waals surface area contributed by atoms with Crippen molar-refractivity contribution in [3.8, 4) is 0 Å². The quantitative estimate of drug-likeness (QED) is 0.678. The number of hydrogen-bond acceptors (Lipinski definition) is 4. The van der Waals surface area contributed by atoms with Crippen molar-refractivity contribution in [3.63, 3.8) is 0 Å². The molecule has 0 aromatic heterocycles. The molecule has 1 aromatic rings. The molecule has 114 valence electrons. The monoisotopic (exact) mass is 327 g/mol. The van der Waals surface area contributed by atoms with Gasteiger partial charge in [0.2, 0.25) is 11.8 Å². The first kappa shape index (κ1) is 16.0. The molecule has 0 spiro atoms. The van der Waals surface area contributed by atoms with Gasteiger partial charge < -0.3 is 15.5 Å². The SMILES string of the molecule is CC(=O)N1CCN(C(=O)CSc2ccc(N)cc2Cl)CC1. The number of piperazine rings is 1. The van der Waals surface area contributed by atoms with Crippen LogP contribution in [0, 0.1) is 0 Å². The Hall–Kier alpha value is -1.40. The Morgan fingerprint density at radius 3 is 2.43 bits per heavy atom. The first-order chi connectivity index (χ1) is 9.97. The molecular weight excluding hydrogens is 310 g/mol. The zero-order valence-electron chi connectivity index (χ0n) is 11.8. The minimum absolute atomic E-state index is 0.0603. The molecule has 0 saturated carbocycles. The minimum atomic E-state index is 0.0603. The van der Waals surface area contributed by atoms with Gasteiger partial charge in [-0.05, 0) is 18.2 Å². The van der Waals surface area contributed by atoms with Crippen LogP contribution in [0.5, 0.6) is 0 Å². The normalized spacial score (nSPS) is 15.1. The lowest BCUT2D eigenvalue weighted by Gasteiger charge is -2.34. The molecule has 2 amide bonds. The largest absolute Gasteiger partial charge is 0.399 e. The highest BCUT2D eigenvalue weighted by atomic mass is 35.5. The average Bonchev–Trinajstić information content (AvgIpc) is 2.46. The number of anilines is 1. The molecule has 1 saturated heterocycles. The van der Waals surface area contributed by atoms with Gasteiger partial charge >= 0.3 is 0 Å². The van der Waals surface area contributed by atoms with Crippen molar-refractivity contribution in [2.24, 2.45) is 0 Å². The number of nitrogens with zero attached hydrogens (tertiary/aromatic N) is 2. The van der Waals surface area contributed by atoms with Crippen LogP contribution in [0.4, 0.5) is 5.69 Å². The molecule has 1 aliphatic heterocycles. The molecular formula is C14H18ClN3O2S. The molecule has 0 radical (unpaired) electrons. The zero-order chi connectivity index (χ0) is 15.4. The van der Waals surface area contributed by atoms with Crippen LogP contribution in [0.2, 0.25) is 5.02 Å². The van der Waals surface area contributed by atoms with E-state index in [1.807, 2.05) is 6.07 Å². The predicted molar refractivity (Wildman–Crippen MR) is 85.4 cm³/mol. The van der Waals surface area contributed by atoms with Gasteiger partial charge in [0.15, 0.2) is 0 Å². The van der Waals surface area contributed by atoms with Gasteiger partial charge in [0.1, 0.15) is 0 Å². The maximum absolute atomic E-state index is 12.2. The van der Waals surface area contributed by atoms with Gasteiger partial charge in [-0.3, -0.25) is 9.59 Å². The van der Waals surface area contributed by atoms with E-state index in [1.54, 1.807) is 28.9 Å². The summed E-state index contributed by atoms with van der Waals surface area (Å²) in [4.78, 5) is 27.8. The third-order valence-electron chi connectivity index (χ3n) is 3.38. The third kappa shape index (κ3) is 4.28. The number of amides is 2. The maximum Gasteiger partial charge on any atom is 0.233 e. The number of carbonyl (C=O) groups excluding carboxylic acids is 2. The zero-order valence-corrected chi connectivity index (χ0v) is 13.4. The highest BCUT2D eigenvalue weighted by molar-refractivity contribution is 8.00. The minimum Gasteiger partial charge on any atom is -0.399 e. The van der Waals surface area contributed by atoms with E-state index in [4.69, 9.17) is 17.3 Å². The highest BCUT2D eigenvalue weighted by Crippen LogP contribution is 2.29. The third-order valence-corrected chi connectivity index (χ3v) is 4.87. The molecule has 1 aliphatic rings. The van der Waals surface area contributed by atoms with Crippen molar-refractivity contribution in [2.45, 2.75) is 11.8 Å². The van der Waals surface area contributed by atoms with Gasteiger partial charge in [-0.15, -0.1) is 11.8 Å². The molecule has 1 aromatic carbocycles. The number of carbonyl (C=O) groups is 2. The lowest BCUT2D eigenvalue weighted by Crippen LogP contribution is -2.50. The summed E-state index contributed by atoms with van der Waals surface area (Å²) in [6.45, 7) is 3.95. The number of nitrogen functional groups attached to an aromatic ring is 1. The van der Waals surface area contributed by atoms with E-state index in [0.29, 0.717) is 42.6 Å². The number of halogens is 1. The fourth-order valence-electron chi connectivity index (χ4n) is 2.14. The van der Waals surface area contributed by atoms with Crippen LogP contribution in [0.1, 0.15) is 6.92 Å². The molecule has 2 rings (SSSR count). The fraction of sp³-hybridized carbons (Fsp3) is 0.429. The molecule has 7 heteroatoms. The fourth-order valence-corrected chi connectivity index (χ4v) is 3.31. The number of benzene rings is 1. The first-order valence-corrected chi connectivity index (χ1v) is 8.05. The summed E-state index contributed by atoms with van der Waals surface area (Å²) in [5, 5.41) is 0.564. The summed E-state index contributed by atoms with van der Waals surface area (Å²) in [5.41, 5.74) is 6.24. The summed E-state index contributed by atoms with van der Waals surface area (Å²) < 4.78 is 0. The van der Waals surface area contributed by atoms with Crippen molar-refractivity contribution in [1.82, 2.24) is 9.80 Å². The molecule has 0 atom stereocenters. The second-order valence-corrected chi connectivity index (χ2v) is 6.29. The Morgan fingerprint density at radius 1 is 1.24 bits per heavy atom. The number of thioether (sulfide) groups is 1. The Bertz CT molecular complexity index is 545. The van der Waals surface area contributed by atoms with Crippen LogP contribution >= 0.6 is 23.4 Å². The maximum atomic E-state index is 12.2. The van der Waals surface area contributed by atoms with Gasteiger partial charge in [-0.1, -0.05) is 11.6 Å². The van der Waals surface area contributed by atoms with E-state index in [0.717, 1.165) is 4.90 Å². The van der Waals surface area contributed by atoms with Crippen LogP contribution in [-0.2, 0) is 9.59 Å². The van der Waals surface area contributed by atoms with Crippen molar-refractivity contribution in [3.05, 3.63) is 23.2 Å². The molecule has 2 N–H and O–H groups in total. The molecule has 1 fully saturated rings. The second-order valence-electron chi connectivity index (χ2n) is 4.87. The Morgan fingerprint density at radius 2 is 1.86 bits per heavy atom. The van der Waals surface area contributed by atoms with E-state index in [1.165, 1.54) is 11.8 Å². The molecule has 1 heterocycles. The smallest absolute Gasteiger partial charge is 0.233 e. The number of hydrogen-bond donors (Lipinski definition) is 1. The average molecular weight is 328 g/mol. The van der Waals surface area contributed by atoms with Crippen LogP contribution in [0.15, 0.2) is 23.1 Å². The van der Waals surface area contributed by atoms with E-state index in [-0.39, 0.29) is 11.8 Å². The van der Waals surface area contributed by atoms with Gasteiger partial charge in [-0.2, -0.15) is 0 Å². The van der Waals surface area contributed by atoms with Crippen molar-refractivity contribution in [1.29, 1.82) is 0 Å². The highest BCUT2D eigenvalue weighted by Gasteiger charge is 2.22. The topological polar surface area (TPSA) is 66.6 Å². The van der Waals surface area contributed by atoms with Crippen LogP contribution in [0.3, 0.4) is 0 Å². The molecule has 0 aliphatic carbocycles. The van der Waals surface area contributed by atoms with Crippen LogP contribution in [-0.4, -0.2) is 53.5 Å². The van der Waals surface area contributed by atoms with Crippen LogP contribution < -0.4 is 5.73 Å². The number of nitrogens with two attached hydrogens (primary N) is 1. The molecule has 21 heavy (non-hydrogen) atoms. The van der Waals surface area contributed by atoms with E-state index in [9.17, 15) is 9.59 Å². The second kappa shape index (κ2) is 7.04. The van der Waals surface area contributed by atoms with E-state index in [2.05, 4.69) is 0 Å². The summed E-state index contributed by atoms with van der Waals surface area (Å²) in [7, 11) is 0. The summed E-state index contributed by atoms with van der Waals surface area (Å²) in [6, 6.07) is 5.27. The van der Waals surface area contributed by atoms with Crippen molar-refractivity contribution >= 4 is 40.9 Å². The van der Waals surface area contributed by atoms with Crippen molar-refractivity contribution in [2.75, 3.05) is 37.7 Å². The standard InChI is InChI=1S/C14H18ClN3O2S/c1-10(19)17-4-6-18(7-5-17)14(20)9-21-13-3-2-11(16)8-12(13)15/h2-3,8H,4-7,9,16H2,1H3. The van der Waals surface area contributed by atoms with Gasteiger partial charge in [0, 0.05) is 43.7 Å². The van der Waals surface area contributed by atoms with Crippen LogP contribution in [0.25, 0.3) is 0 Å². The Balaban J connectivity index is 1.84. The lowest BCUT2D eigenvalue weighted by molar-refractivity contribution is -0.136. The Kier molecular flexibility index (Phi) is 5.36.